The van der Waals surface area contributed by atoms with E-state index >= 15 is 0 Å². The zero-order valence-corrected chi connectivity index (χ0v) is 16.0. The maximum atomic E-state index is 12.8. The molecule has 2 amide bonds. The van der Waals surface area contributed by atoms with Crippen LogP contribution in [0.3, 0.4) is 0 Å². The highest BCUT2D eigenvalue weighted by Gasteiger charge is 2.27. The second-order valence-electron chi connectivity index (χ2n) is 6.38. The monoisotopic (exact) mass is 390 g/mol. The van der Waals surface area contributed by atoms with Crippen molar-refractivity contribution in [2.45, 2.75) is 32.2 Å². The quantitative estimate of drug-likeness (QED) is 0.712. The lowest BCUT2D eigenvalue weighted by atomic mass is 10.1. The van der Waals surface area contributed by atoms with Gasteiger partial charge in [0.2, 0.25) is 0 Å². The summed E-state index contributed by atoms with van der Waals surface area (Å²) in [7, 11) is 1.62. The van der Waals surface area contributed by atoms with Gasteiger partial charge in [-0.15, -0.1) is 0 Å². The highest BCUT2D eigenvalue weighted by Crippen LogP contribution is 2.24. The number of hydrogen-bond donors (Lipinski definition) is 2. The van der Waals surface area contributed by atoms with E-state index in [1.807, 2.05) is 4.57 Å². The van der Waals surface area contributed by atoms with Crippen LogP contribution in [0.5, 0.6) is 0 Å². The van der Waals surface area contributed by atoms with Crippen LogP contribution in [0, 0.1) is 0 Å². The SMILES string of the molecule is COCCCNC(=O)c1nc(C(=O)Nc2ccccc2Cl)c2n1CCCC2. The van der Waals surface area contributed by atoms with Crippen molar-refractivity contribution < 1.29 is 14.3 Å². The van der Waals surface area contributed by atoms with Gasteiger partial charge in [-0.1, -0.05) is 23.7 Å². The van der Waals surface area contributed by atoms with Crippen LogP contribution in [0.25, 0.3) is 0 Å². The summed E-state index contributed by atoms with van der Waals surface area (Å²) in [5.41, 5.74) is 1.61. The van der Waals surface area contributed by atoms with Gasteiger partial charge < -0.3 is 19.9 Å². The number of amides is 2. The van der Waals surface area contributed by atoms with Gasteiger partial charge in [-0.2, -0.15) is 0 Å². The largest absolute Gasteiger partial charge is 0.385 e. The van der Waals surface area contributed by atoms with Crippen LogP contribution in [0.2, 0.25) is 5.02 Å². The molecule has 2 heterocycles. The van der Waals surface area contributed by atoms with Crippen LogP contribution in [0.4, 0.5) is 5.69 Å². The van der Waals surface area contributed by atoms with Crippen molar-refractivity contribution in [1.82, 2.24) is 14.9 Å². The Morgan fingerprint density at radius 2 is 2.07 bits per heavy atom. The fraction of sp³-hybridized carbons (Fsp3) is 0.421. The minimum absolute atomic E-state index is 0.272. The van der Waals surface area contributed by atoms with Crippen LogP contribution in [0.1, 0.15) is 46.1 Å². The van der Waals surface area contributed by atoms with Crippen LogP contribution < -0.4 is 10.6 Å². The molecule has 0 fully saturated rings. The molecule has 2 N–H and O–H groups in total. The smallest absolute Gasteiger partial charge is 0.287 e. The van der Waals surface area contributed by atoms with E-state index in [2.05, 4.69) is 15.6 Å². The predicted octanol–water partition coefficient (Wildman–Crippen LogP) is 2.89. The zero-order chi connectivity index (χ0) is 19.2. The molecule has 0 radical (unpaired) electrons. The molecule has 1 aliphatic heterocycles. The van der Waals surface area contributed by atoms with Gasteiger partial charge in [0.1, 0.15) is 0 Å². The number of nitrogens with zero attached hydrogens (tertiary/aromatic N) is 2. The third-order valence-electron chi connectivity index (χ3n) is 4.47. The van der Waals surface area contributed by atoms with E-state index in [1.54, 1.807) is 31.4 Å². The van der Waals surface area contributed by atoms with E-state index < -0.39 is 0 Å². The number of nitrogens with one attached hydrogen (secondary N) is 2. The van der Waals surface area contributed by atoms with Gasteiger partial charge in [0.05, 0.1) is 16.4 Å². The zero-order valence-electron chi connectivity index (χ0n) is 15.3. The van der Waals surface area contributed by atoms with Crippen molar-refractivity contribution in [2.24, 2.45) is 0 Å². The predicted molar refractivity (Wildman–Crippen MR) is 103 cm³/mol. The van der Waals surface area contributed by atoms with Crippen molar-refractivity contribution in [3.63, 3.8) is 0 Å². The number of aromatic nitrogens is 2. The Labute approximate surface area is 163 Å². The minimum atomic E-state index is -0.354. The fourth-order valence-corrected chi connectivity index (χ4v) is 3.32. The number of halogens is 1. The minimum Gasteiger partial charge on any atom is -0.385 e. The van der Waals surface area contributed by atoms with Gasteiger partial charge in [0.15, 0.2) is 11.5 Å². The molecule has 0 aliphatic carbocycles. The lowest BCUT2D eigenvalue weighted by Crippen LogP contribution is -2.29. The molecule has 144 valence electrons. The first-order chi connectivity index (χ1) is 13.1. The Morgan fingerprint density at radius 1 is 1.26 bits per heavy atom. The maximum absolute atomic E-state index is 12.8. The van der Waals surface area contributed by atoms with E-state index in [0.29, 0.717) is 30.4 Å². The first kappa shape index (κ1) is 19.4. The highest BCUT2D eigenvalue weighted by molar-refractivity contribution is 6.33. The van der Waals surface area contributed by atoms with E-state index in [9.17, 15) is 9.59 Å². The van der Waals surface area contributed by atoms with Gasteiger partial charge in [-0.3, -0.25) is 9.59 Å². The standard InChI is InChI=1S/C19H23ClN4O3/c1-27-12-6-10-21-19(26)17-23-16(15-9-4-5-11-24(15)17)18(25)22-14-8-3-2-7-13(14)20/h2-3,7-8H,4-6,9-12H2,1H3,(H,21,26)(H,22,25). The number of para-hydroxylation sites is 1. The average Bonchev–Trinajstić information content (AvgIpc) is 3.07. The highest BCUT2D eigenvalue weighted by atomic mass is 35.5. The van der Waals surface area contributed by atoms with Crippen molar-refractivity contribution >= 4 is 29.1 Å². The summed E-state index contributed by atoms with van der Waals surface area (Å²) in [6.45, 7) is 1.75. The number of rotatable bonds is 7. The van der Waals surface area contributed by atoms with Crippen molar-refractivity contribution in [3.8, 4) is 0 Å². The summed E-state index contributed by atoms with van der Waals surface area (Å²) in [5, 5.41) is 6.09. The third-order valence-corrected chi connectivity index (χ3v) is 4.80. The van der Waals surface area contributed by atoms with E-state index in [-0.39, 0.29) is 23.3 Å². The number of carbonyl (C=O) groups excluding carboxylic acids is 2. The first-order valence-corrected chi connectivity index (χ1v) is 9.42. The van der Waals surface area contributed by atoms with E-state index in [1.165, 1.54) is 0 Å². The molecule has 27 heavy (non-hydrogen) atoms. The molecule has 0 atom stereocenters. The van der Waals surface area contributed by atoms with Crippen molar-refractivity contribution in [1.29, 1.82) is 0 Å². The summed E-state index contributed by atoms with van der Waals surface area (Å²) in [6.07, 6.45) is 3.36. The molecular weight excluding hydrogens is 368 g/mol. The number of benzene rings is 1. The molecule has 2 aromatic rings. The second-order valence-corrected chi connectivity index (χ2v) is 6.78. The fourth-order valence-electron chi connectivity index (χ4n) is 3.14. The molecule has 0 unspecified atom stereocenters. The second kappa shape index (κ2) is 9.01. The molecular formula is C19H23ClN4O3. The van der Waals surface area contributed by atoms with Crippen molar-refractivity contribution in [3.05, 3.63) is 46.5 Å². The molecule has 0 saturated heterocycles. The number of methoxy groups -OCH3 is 1. The lowest BCUT2D eigenvalue weighted by molar-refractivity contribution is 0.0932. The summed E-state index contributed by atoms with van der Waals surface area (Å²) >= 11 is 6.12. The molecule has 0 saturated carbocycles. The molecule has 0 spiro atoms. The van der Waals surface area contributed by atoms with Crippen LogP contribution >= 0.6 is 11.6 Å². The van der Waals surface area contributed by atoms with Gasteiger partial charge in [0.25, 0.3) is 11.8 Å². The number of hydrogen-bond acceptors (Lipinski definition) is 4. The van der Waals surface area contributed by atoms with Gasteiger partial charge in [-0.05, 0) is 37.8 Å². The van der Waals surface area contributed by atoms with Crippen molar-refractivity contribution in [2.75, 3.05) is 25.6 Å². The molecule has 7 nitrogen and oxygen atoms in total. The summed E-state index contributed by atoms with van der Waals surface area (Å²) in [6, 6.07) is 7.02. The Morgan fingerprint density at radius 3 is 2.85 bits per heavy atom. The Bertz CT molecular complexity index is 834. The molecule has 1 aliphatic rings. The van der Waals surface area contributed by atoms with Gasteiger partial charge >= 0.3 is 0 Å². The molecule has 3 rings (SSSR count). The van der Waals surface area contributed by atoms with Crippen LogP contribution in [0.15, 0.2) is 24.3 Å². The third kappa shape index (κ3) is 4.48. The molecule has 1 aromatic heterocycles. The van der Waals surface area contributed by atoms with Gasteiger partial charge in [-0.25, -0.2) is 4.98 Å². The average molecular weight is 391 g/mol. The topological polar surface area (TPSA) is 85.2 Å². The maximum Gasteiger partial charge on any atom is 0.287 e. The Kier molecular flexibility index (Phi) is 6.47. The van der Waals surface area contributed by atoms with Crippen LogP contribution in [-0.2, 0) is 17.7 Å². The summed E-state index contributed by atoms with van der Waals surface area (Å²) in [5.74, 6) is -0.343. The number of imidazole rings is 1. The first-order valence-electron chi connectivity index (χ1n) is 9.04. The number of anilines is 1. The van der Waals surface area contributed by atoms with E-state index in [0.717, 1.165) is 31.4 Å². The summed E-state index contributed by atoms with van der Waals surface area (Å²) < 4.78 is 6.84. The van der Waals surface area contributed by atoms with Crippen LogP contribution in [-0.4, -0.2) is 41.6 Å². The number of carbonyl (C=O) groups is 2. The number of fused-ring (bicyclic) bond motifs is 1. The molecule has 1 aromatic carbocycles. The Hall–Kier alpha value is -2.38. The molecule has 8 heteroatoms. The normalized spacial score (nSPS) is 13.1. The molecule has 0 bridgehead atoms. The van der Waals surface area contributed by atoms with Gasteiger partial charge in [0, 0.05) is 26.8 Å². The summed E-state index contributed by atoms with van der Waals surface area (Å²) in [4.78, 5) is 29.7. The van der Waals surface area contributed by atoms with E-state index in [4.69, 9.17) is 16.3 Å². The lowest BCUT2D eigenvalue weighted by Gasteiger charge is -2.17. The number of ether oxygens (including phenoxy) is 1. The Balaban J connectivity index is 1.81.